The summed E-state index contributed by atoms with van der Waals surface area (Å²) in [6, 6.07) is 5.52. The second-order valence-electron chi connectivity index (χ2n) is 9.90. The number of carbonyl (C=O) groups is 4. The highest BCUT2D eigenvalue weighted by Crippen LogP contribution is 2.10. The number of nitrogens with two attached hydrogens (primary N) is 2. The normalized spacial score (nSPS) is 14.6. The molecule has 0 saturated carbocycles. The number of benzene rings is 1. The number of rotatable bonds is 16. The highest BCUT2D eigenvalue weighted by molar-refractivity contribution is 5.94. The molecule has 8 N–H and O–H groups in total. The van der Waals surface area contributed by atoms with E-state index in [1.54, 1.807) is 13.8 Å². The summed E-state index contributed by atoms with van der Waals surface area (Å²) in [7, 11) is 0. The van der Waals surface area contributed by atoms with Gasteiger partial charge in [0.2, 0.25) is 17.7 Å². The number of unbranched alkanes of at least 4 members (excludes halogenated alkanes) is 1. The molecule has 0 aromatic heterocycles. The molecule has 0 saturated heterocycles. The lowest BCUT2D eigenvalue weighted by Gasteiger charge is -2.27. The van der Waals surface area contributed by atoms with E-state index in [1.807, 2.05) is 44.2 Å². The van der Waals surface area contributed by atoms with Crippen LogP contribution in [-0.2, 0) is 25.6 Å². The van der Waals surface area contributed by atoms with Crippen molar-refractivity contribution >= 4 is 23.7 Å². The molecule has 0 aliphatic rings. The van der Waals surface area contributed by atoms with Crippen LogP contribution in [0.4, 0.5) is 0 Å². The lowest BCUT2D eigenvalue weighted by atomic mass is 9.99. The predicted octanol–water partition coefficient (Wildman–Crippen LogP) is 0.927. The monoisotopic (exact) mass is 505 g/mol. The van der Waals surface area contributed by atoms with E-state index in [-0.39, 0.29) is 24.7 Å². The van der Waals surface area contributed by atoms with Gasteiger partial charge in [0, 0.05) is 0 Å². The summed E-state index contributed by atoms with van der Waals surface area (Å²) < 4.78 is 0. The molecule has 36 heavy (non-hydrogen) atoms. The molecular weight excluding hydrogens is 462 g/mol. The summed E-state index contributed by atoms with van der Waals surface area (Å²) in [4.78, 5) is 50.5. The molecule has 1 aromatic rings. The van der Waals surface area contributed by atoms with E-state index < -0.39 is 47.9 Å². The van der Waals surface area contributed by atoms with Gasteiger partial charge in [0.1, 0.15) is 18.1 Å². The Bertz CT molecular complexity index is 846. The number of aliphatic carboxylic acids is 1. The van der Waals surface area contributed by atoms with Crippen molar-refractivity contribution in [1.29, 1.82) is 0 Å². The number of hydrogen-bond donors (Lipinski definition) is 6. The number of carboxylic acids is 1. The maximum absolute atomic E-state index is 13.2. The minimum absolute atomic E-state index is 0.0531. The number of hydrogen-bond acceptors (Lipinski definition) is 6. The van der Waals surface area contributed by atoms with Gasteiger partial charge in [-0.1, -0.05) is 58.0 Å². The van der Waals surface area contributed by atoms with Gasteiger partial charge in [0.05, 0.1) is 6.04 Å². The van der Waals surface area contributed by atoms with Crippen molar-refractivity contribution in [1.82, 2.24) is 16.0 Å². The minimum Gasteiger partial charge on any atom is -0.480 e. The maximum atomic E-state index is 13.2. The Morgan fingerprint density at radius 1 is 0.861 bits per heavy atom. The van der Waals surface area contributed by atoms with Gasteiger partial charge < -0.3 is 32.5 Å². The Labute approximate surface area is 213 Å². The van der Waals surface area contributed by atoms with Crippen molar-refractivity contribution in [2.24, 2.45) is 23.3 Å². The molecular formula is C26H43N5O5. The first-order valence-corrected chi connectivity index (χ1v) is 12.6. The fourth-order valence-electron chi connectivity index (χ4n) is 3.74. The van der Waals surface area contributed by atoms with Crippen LogP contribution >= 0.6 is 0 Å². The Morgan fingerprint density at radius 2 is 1.47 bits per heavy atom. The highest BCUT2D eigenvalue weighted by Gasteiger charge is 2.31. The molecule has 10 heteroatoms. The van der Waals surface area contributed by atoms with Crippen LogP contribution in [0, 0.1) is 11.8 Å². The second kappa shape index (κ2) is 15.9. The smallest absolute Gasteiger partial charge is 0.326 e. The molecule has 1 rings (SSSR count). The molecule has 4 unspecified atom stereocenters. The van der Waals surface area contributed by atoms with Crippen LogP contribution in [0.1, 0.15) is 58.9 Å². The van der Waals surface area contributed by atoms with Crippen molar-refractivity contribution in [3.8, 4) is 0 Å². The number of carboxylic acid groups (broad SMARTS) is 1. The van der Waals surface area contributed by atoms with Crippen LogP contribution < -0.4 is 27.4 Å². The molecule has 0 heterocycles. The Balaban J connectivity index is 2.92. The van der Waals surface area contributed by atoms with E-state index in [0.717, 1.165) is 5.56 Å². The molecule has 202 valence electrons. The second-order valence-corrected chi connectivity index (χ2v) is 9.90. The van der Waals surface area contributed by atoms with Crippen molar-refractivity contribution in [2.75, 3.05) is 6.54 Å². The molecule has 0 aliphatic heterocycles. The van der Waals surface area contributed by atoms with Gasteiger partial charge in [-0.2, -0.15) is 0 Å². The summed E-state index contributed by atoms with van der Waals surface area (Å²) in [5.41, 5.74) is 12.5. The summed E-state index contributed by atoms with van der Waals surface area (Å²) >= 11 is 0. The molecule has 0 bridgehead atoms. The van der Waals surface area contributed by atoms with Crippen LogP contribution in [0.2, 0.25) is 0 Å². The third-order valence-electron chi connectivity index (χ3n) is 5.78. The van der Waals surface area contributed by atoms with Gasteiger partial charge in [0.15, 0.2) is 0 Å². The largest absolute Gasteiger partial charge is 0.480 e. The summed E-state index contributed by atoms with van der Waals surface area (Å²) in [5, 5.41) is 17.5. The predicted molar refractivity (Wildman–Crippen MR) is 139 cm³/mol. The Morgan fingerprint density at radius 3 is 2.00 bits per heavy atom. The Kier molecular flexibility index (Phi) is 13.7. The molecule has 1 aromatic carbocycles. The maximum Gasteiger partial charge on any atom is 0.326 e. The van der Waals surface area contributed by atoms with Gasteiger partial charge >= 0.3 is 5.97 Å². The zero-order valence-electron chi connectivity index (χ0n) is 21.8. The van der Waals surface area contributed by atoms with E-state index in [2.05, 4.69) is 16.0 Å². The van der Waals surface area contributed by atoms with E-state index in [9.17, 15) is 24.3 Å². The fraction of sp³-hybridized carbons (Fsp3) is 0.615. The average Bonchev–Trinajstić information content (AvgIpc) is 2.81. The van der Waals surface area contributed by atoms with Gasteiger partial charge in [-0.25, -0.2) is 4.79 Å². The van der Waals surface area contributed by atoms with Crippen LogP contribution in [0.5, 0.6) is 0 Å². The first-order chi connectivity index (χ1) is 17.0. The average molecular weight is 506 g/mol. The molecule has 0 aliphatic carbocycles. The highest BCUT2D eigenvalue weighted by atomic mass is 16.4. The summed E-state index contributed by atoms with van der Waals surface area (Å²) in [6.45, 7) is 7.71. The van der Waals surface area contributed by atoms with Gasteiger partial charge in [-0.05, 0) is 56.0 Å². The zero-order valence-corrected chi connectivity index (χ0v) is 21.8. The van der Waals surface area contributed by atoms with Crippen LogP contribution in [0.3, 0.4) is 0 Å². The molecule has 0 fully saturated rings. The van der Waals surface area contributed by atoms with Crippen molar-refractivity contribution < 1.29 is 24.3 Å². The molecule has 3 amide bonds. The van der Waals surface area contributed by atoms with Crippen molar-refractivity contribution in [3.05, 3.63) is 35.9 Å². The number of amides is 3. The summed E-state index contributed by atoms with van der Waals surface area (Å²) in [6.07, 6.45) is 2.07. The third-order valence-corrected chi connectivity index (χ3v) is 5.78. The standard InChI is InChI=1S/C26H43N5O5/c1-16(2)14-21(26(35)36)30-24(33)20(12-8-9-13-27)29-25(34)22(17(3)4)31-23(32)19(28)15-18-10-6-5-7-11-18/h5-7,10-11,16-17,19-22H,8-9,12-15,27-28H2,1-4H3,(H,29,34)(H,30,33)(H,31,32)(H,35,36). The minimum atomic E-state index is -1.14. The van der Waals surface area contributed by atoms with Crippen molar-refractivity contribution in [3.63, 3.8) is 0 Å². The summed E-state index contributed by atoms with van der Waals surface area (Å²) in [5.74, 6) is -2.95. The van der Waals surface area contributed by atoms with E-state index in [0.29, 0.717) is 25.8 Å². The van der Waals surface area contributed by atoms with Crippen LogP contribution in [0.25, 0.3) is 0 Å². The quantitative estimate of drug-likeness (QED) is 0.181. The molecule has 4 atom stereocenters. The van der Waals surface area contributed by atoms with Crippen LogP contribution in [-0.4, -0.2) is 59.5 Å². The first-order valence-electron chi connectivity index (χ1n) is 12.6. The molecule has 0 radical (unpaired) electrons. The fourth-order valence-corrected chi connectivity index (χ4v) is 3.74. The third kappa shape index (κ3) is 11.2. The molecule has 10 nitrogen and oxygen atoms in total. The lowest BCUT2D eigenvalue weighted by Crippen LogP contribution is -2.58. The number of carbonyl (C=O) groups excluding carboxylic acids is 3. The van der Waals surface area contributed by atoms with E-state index in [4.69, 9.17) is 11.5 Å². The van der Waals surface area contributed by atoms with Gasteiger partial charge in [0.25, 0.3) is 0 Å². The number of nitrogens with one attached hydrogen (secondary N) is 3. The SMILES string of the molecule is CC(C)CC(NC(=O)C(CCCCN)NC(=O)C(NC(=O)C(N)Cc1ccccc1)C(C)C)C(=O)O. The zero-order chi connectivity index (χ0) is 27.3. The lowest BCUT2D eigenvalue weighted by molar-refractivity contribution is -0.143. The van der Waals surface area contributed by atoms with Crippen LogP contribution in [0.15, 0.2) is 30.3 Å². The molecule has 0 spiro atoms. The first kappa shape index (κ1) is 31.1. The van der Waals surface area contributed by atoms with E-state index >= 15 is 0 Å². The van der Waals surface area contributed by atoms with Crippen molar-refractivity contribution in [2.45, 2.75) is 84.0 Å². The van der Waals surface area contributed by atoms with E-state index in [1.165, 1.54) is 0 Å². The van der Waals surface area contributed by atoms with Gasteiger partial charge in [-0.15, -0.1) is 0 Å². The topological polar surface area (TPSA) is 177 Å². The van der Waals surface area contributed by atoms with Gasteiger partial charge in [-0.3, -0.25) is 14.4 Å². The Hall–Kier alpha value is -2.98.